The summed E-state index contributed by atoms with van der Waals surface area (Å²) in [5.74, 6) is 3.07. The number of nitrogens with one attached hydrogen (secondary N) is 2. The molecule has 0 spiro atoms. The summed E-state index contributed by atoms with van der Waals surface area (Å²) in [6.07, 6.45) is 0.840. The van der Waals surface area contributed by atoms with Crippen LogP contribution in [-0.2, 0) is 13.0 Å². The molecule has 2 rings (SSSR count). The van der Waals surface area contributed by atoms with Crippen LogP contribution >= 0.6 is 24.0 Å². The summed E-state index contributed by atoms with van der Waals surface area (Å²) in [4.78, 5) is 4.27. The molecule has 0 unspecified atom stereocenters. The highest BCUT2D eigenvalue weighted by molar-refractivity contribution is 14.0. The fourth-order valence-corrected chi connectivity index (χ4v) is 2.72. The Morgan fingerprint density at radius 3 is 2.19 bits per heavy atom. The van der Waals surface area contributed by atoms with Crippen LogP contribution in [0.25, 0.3) is 0 Å². The zero-order valence-electron chi connectivity index (χ0n) is 16.2. The molecule has 27 heavy (non-hydrogen) atoms. The number of benzene rings is 2. The summed E-state index contributed by atoms with van der Waals surface area (Å²) < 4.78 is 16.2. The third-order valence-electron chi connectivity index (χ3n) is 4.03. The molecular weight excluding hydrogens is 457 g/mol. The summed E-state index contributed by atoms with van der Waals surface area (Å²) in [6, 6.07) is 13.8. The van der Waals surface area contributed by atoms with Crippen molar-refractivity contribution in [3.05, 3.63) is 53.6 Å². The lowest BCUT2D eigenvalue weighted by Crippen LogP contribution is -2.38. The minimum absolute atomic E-state index is 0. The Bertz CT molecular complexity index is 738. The van der Waals surface area contributed by atoms with Gasteiger partial charge in [0.15, 0.2) is 17.5 Å². The lowest BCUT2D eigenvalue weighted by molar-refractivity contribution is 0.351. The van der Waals surface area contributed by atoms with Crippen molar-refractivity contribution in [2.45, 2.75) is 13.0 Å². The molecule has 0 aromatic heterocycles. The third-order valence-corrected chi connectivity index (χ3v) is 4.03. The van der Waals surface area contributed by atoms with Crippen LogP contribution in [-0.4, -0.2) is 40.9 Å². The second-order valence-corrected chi connectivity index (χ2v) is 5.57. The molecule has 2 aromatic carbocycles. The number of halogens is 1. The Kier molecular flexibility index (Phi) is 10.4. The molecule has 0 atom stereocenters. The maximum atomic E-state index is 5.46. The van der Waals surface area contributed by atoms with Crippen molar-refractivity contribution >= 4 is 29.9 Å². The number of guanidine groups is 1. The van der Waals surface area contributed by atoms with Gasteiger partial charge in [-0.2, -0.15) is 0 Å². The quantitative estimate of drug-likeness (QED) is 0.342. The van der Waals surface area contributed by atoms with Crippen molar-refractivity contribution in [2.24, 2.45) is 4.99 Å². The summed E-state index contributed by atoms with van der Waals surface area (Å²) >= 11 is 0. The number of rotatable bonds is 8. The molecule has 0 amide bonds. The number of hydrogen-bond donors (Lipinski definition) is 2. The van der Waals surface area contributed by atoms with Gasteiger partial charge in [0.25, 0.3) is 0 Å². The zero-order valence-corrected chi connectivity index (χ0v) is 18.6. The molecular formula is C20H28IN3O3. The molecule has 2 N–H and O–H groups in total. The minimum atomic E-state index is 0. The van der Waals surface area contributed by atoms with Crippen LogP contribution in [0.15, 0.2) is 47.5 Å². The van der Waals surface area contributed by atoms with E-state index in [-0.39, 0.29) is 24.0 Å². The monoisotopic (exact) mass is 485 g/mol. The lowest BCUT2D eigenvalue weighted by atomic mass is 10.1. The molecule has 0 radical (unpaired) electrons. The molecule has 0 bridgehead atoms. The topological polar surface area (TPSA) is 64.1 Å². The fraction of sp³-hybridized carbons (Fsp3) is 0.350. The highest BCUT2D eigenvalue weighted by atomic mass is 127. The van der Waals surface area contributed by atoms with Gasteiger partial charge in [0, 0.05) is 25.7 Å². The first kappa shape index (κ1) is 22.9. The van der Waals surface area contributed by atoms with E-state index in [1.165, 1.54) is 0 Å². The van der Waals surface area contributed by atoms with Gasteiger partial charge in [-0.3, -0.25) is 4.99 Å². The van der Waals surface area contributed by atoms with Crippen LogP contribution in [0.5, 0.6) is 17.2 Å². The van der Waals surface area contributed by atoms with E-state index >= 15 is 0 Å². The van der Waals surface area contributed by atoms with Gasteiger partial charge in [-0.15, -0.1) is 24.0 Å². The fourth-order valence-electron chi connectivity index (χ4n) is 2.72. The minimum Gasteiger partial charge on any atom is -0.496 e. The van der Waals surface area contributed by atoms with E-state index in [9.17, 15) is 0 Å². The highest BCUT2D eigenvalue weighted by Gasteiger charge is 2.10. The number of nitrogens with zero attached hydrogens (tertiary/aromatic N) is 1. The molecule has 7 heteroatoms. The van der Waals surface area contributed by atoms with Crippen molar-refractivity contribution < 1.29 is 14.2 Å². The largest absolute Gasteiger partial charge is 0.496 e. The Morgan fingerprint density at radius 1 is 0.852 bits per heavy atom. The molecule has 0 aliphatic carbocycles. The van der Waals surface area contributed by atoms with Gasteiger partial charge in [-0.05, 0) is 24.1 Å². The van der Waals surface area contributed by atoms with Crippen molar-refractivity contribution in [3.8, 4) is 17.2 Å². The van der Waals surface area contributed by atoms with Crippen molar-refractivity contribution in [1.82, 2.24) is 10.6 Å². The van der Waals surface area contributed by atoms with Gasteiger partial charge in [0.2, 0.25) is 0 Å². The summed E-state index contributed by atoms with van der Waals surface area (Å²) in [6.45, 7) is 1.32. The first-order valence-electron chi connectivity index (χ1n) is 8.49. The number of ether oxygens (including phenoxy) is 3. The normalized spacial score (nSPS) is 10.6. The number of methoxy groups -OCH3 is 3. The van der Waals surface area contributed by atoms with E-state index in [0.29, 0.717) is 12.3 Å². The van der Waals surface area contributed by atoms with Gasteiger partial charge in [0.1, 0.15) is 5.75 Å². The number of hydrogen-bond acceptors (Lipinski definition) is 4. The van der Waals surface area contributed by atoms with E-state index in [0.717, 1.165) is 41.6 Å². The molecule has 0 heterocycles. The third kappa shape index (κ3) is 6.50. The maximum absolute atomic E-state index is 5.46. The number of aliphatic imine (C=N–C) groups is 1. The molecule has 0 saturated heterocycles. The molecule has 2 aromatic rings. The standard InChI is InChI=1S/C20H27N3O3.HI/c1-21-20(22-13-12-15-8-5-6-10-17(15)24-2)23-14-16-9-7-11-18(25-3)19(16)26-4;/h5-11H,12-14H2,1-4H3,(H2,21,22,23);1H. The molecule has 6 nitrogen and oxygen atoms in total. The van der Waals surface area contributed by atoms with Gasteiger partial charge in [0.05, 0.1) is 21.3 Å². The van der Waals surface area contributed by atoms with E-state index in [4.69, 9.17) is 14.2 Å². The average Bonchev–Trinajstić information content (AvgIpc) is 2.70. The Labute approximate surface area is 178 Å². The first-order valence-corrected chi connectivity index (χ1v) is 8.49. The van der Waals surface area contributed by atoms with Gasteiger partial charge >= 0.3 is 0 Å². The lowest BCUT2D eigenvalue weighted by Gasteiger charge is -2.16. The zero-order chi connectivity index (χ0) is 18.8. The van der Waals surface area contributed by atoms with Crippen LogP contribution < -0.4 is 24.8 Å². The molecule has 0 saturated carbocycles. The van der Waals surface area contributed by atoms with Crippen LogP contribution in [0.4, 0.5) is 0 Å². The van der Waals surface area contributed by atoms with Crippen LogP contribution in [0.2, 0.25) is 0 Å². The summed E-state index contributed by atoms with van der Waals surface area (Å²) in [5.41, 5.74) is 2.16. The van der Waals surface area contributed by atoms with E-state index < -0.39 is 0 Å². The van der Waals surface area contributed by atoms with Crippen LogP contribution in [0, 0.1) is 0 Å². The molecule has 0 fully saturated rings. The van der Waals surface area contributed by atoms with E-state index in [2.05, 4.69) is 21.7 Å². The highest BCUT2D eigenvalue weighted by Crippen LogP contribution is 2.30. The summed E-state index contributed by atoms with van der Waals surface area (Å²) in [7, 11) is 6.71. The van der Waals surface area contributed by atoms with Crippen molar-refractivity contribution in [2.75, 3.05) is 34.9 Å². The molecule has 0 aliphatic heterocycles. The van der Waals surface area contributed by atoms with Crippen LogP contribution in [0.1, 0.15) is 11.1 Å². The smallest absolute Gasteiger partial charge is 0.191 e. The SMILES string of the molecule is CN=C(NCCc1ccccc1OC)NCc1cccc(OC)c1OC.I. The van der Waals surface area contributed by atoms with Crippen molar-refractivity contribution in [1.29, 1.82) is 0 Å². The Morgan fingerprint density at radius 2 is 1.52 bits per heavy atom. The predicted molar refractivity (Wildman–Crippen MR) is 120 cm³/mol. The van der Waals surface area contributed by atoms with Gasteiger partial charge < -0.3 is 24.8 Å². The summed E-state index contributed by atoms with van der Waals surface area (Å²) in [5, 5.41) is 6.62. The van der Waals surface area contributed by atoms with Gasteiger partial charge in [-0.1, -0.05) is 30.3 Å². The Hall–Kier alpha value is -2.16. The molecule has 0 aliphatic rings. The van der Waals surface area contributed by atoms with E-state index in [1.54, 1.807) is 28.4 Å². The predicted octanol–water partition coefficient (Wildman–Crippen LogP) is 3.24. The van der Waals surface area contributed by atoms with Crippen LogP contribution in [0.3, 0.4) is 0 Å². The van der Waals surface area contributed by atoms with E-state index in [1.807, 2.05) is 36.4 Å². The average molecular weight is 485 g/mol. The number of para-hydroxylation sites is 2. The Balaban J connectivity index is 0.00000364. The first-order chi connectivity index (χ1) is 12.7. The van der Waals surface area contributed by atoms with Gasteiger partial charge in [-0.25, -0.2) is 0 Å². The van der Waals surface area contributed by atoms with Crippen molar-refractivity contribution in [3.63, 3.8) is 0 Å². The second-order valence-electron chi connectivity index (χ2n) is 5.57. The second kappa shape index (κ2) is 12.3. The molecule has 148 valence electrons. The maximum Gasteiger partial charge on any atom is 0.191 e.